The van der Waals surface area contributed by atoms with Crippen LogP contribution in [0.4, 0.5) is 16.3 Å². The summed E-state index contributed by atoms with van der Waals surface area (Å²) in [5, 5.41) is 6.03. The number of rotatable bonds is 5. The molecule has 1 amide bonds. The third kappa shape index (κ3) is 5.99. The van der Waals surface area contributed by atoms with Gasteiger partial charge in [0.2, 0.25) is 5.88 Å². The minimum absolute atomic E-state index is 0.384. The van der Waals surface area contributed by atoms with Crippen molar-refractivity contribution in [1.82, 2.24) is 10.3 Å². The van der Waals surface area contributed by atoms with Crippen molar-refractivity contribution in [2.75, 3.05) is 12.4 Å². The fraction of sp³-hybridized carbons (Fsp3) is 0.368. The van der Waals surface area contributed by atoms with E-state index in [9.17, 15) is 4.79 Å². The normalized spacial score (nSPS) is 10.9. The van der Waals surface area contributed by atoms with Gasteiger partial charge in [0.15, 0.2) is 0 Å². The van der Waals surface area contributed by atoms with Crippen LogP contribution in [0.2, 0.25) is 0 Å². The molecule has 0 atom stereocenters. The minimum Gasteiger partial charge on any atom is -0.481 e. The molecule has 0 unspecified atom stereocenters. The number of carbonyl (C=O) groups excluding carboxylic acids is 1. The lowest BCUT2D eigenvalue weighted by Crippen LogP contribution is -2.32. The van der Waals surface area contributed by atoms with Gasteiger partial charge in [-0.25, -0.2) is 4.79 Å². The van der Waals surface area contributed by atoms with Crippen LogP contribution in [0, 0.1) is 6.92 Å². The van der Waals surface area contributed by atoms with Crippen LogP contribution in [0.25, 0.3) is 0 Å². The highest BCUT2D eigenvalue weighted by Gasteiger charge is 2.15. The molecule has 6 nitrogen and oxygen atoms in total. The fourth-order valence-electron chi connectivity index (χ4n) is 2.14. The highest BCUT2D eigenvalue weighted by molar-refractivity contribution is 5.68. The third-order valence-corrected chi connectivity index (χ3v) is 3.31. The Balaban J connectivity index is 2.03. The van der Waals surface area contributed by atoms with E-state index in [-0.39, 0.29) is 0 Å². The maximum atomic E-state index is 11.8. The van der Waals surface area contributed by atoms with Gasteiger partial charge in [0.05, 0.1) is 7.11 Å². The molecule has 0 aliphatic carbocycles. The van der Waals surface area contributed by atoms with Crippen molar-refractivity contribution in [2.24, 2.45) is 0 Å². The molecular formula is C19H25N3O3. The second-order valence-corrected chi connectivity index (χ2v) is 6.70. The van der Waals surface area contributed by atoms with Gasteiger partial charge in [0.1, 0.15) is 11.4 Å². The number of hydrogen-bond acceptors (Lipinski definition) is 5. The van der Waals surface area contributed by atoms with Crippen molar-refractivity contribution in [2.45, 2.75) is 39.8 Å². The molecule has 0 bridgehead atoms. The number of nitrogens with one attached hydrogen (secondary N) is 2. The van der Waals surface area contributed by atoms with Crippen molar-refractivity contribution in [3.63, 3.8) is 0 Å². The van der Waals surface area contributed by atoms with Crippen LogP contribution < -0.4 is 15.4 Å². The van der Waals surface area contributed by atoms with Crippen LogP contribution in [0.3, 0.4) is 0 Å². The summed E-state index contributed by atoms with van der Waals surface area (Å²) in [5.41, 5.74) is 2.34. The van der Waals surface area contributed by atoms with Crippen LogP contribution in [0.1, 0.15) is 31.9 Å². The van der Waals surface area contributed by atoms with Crippen LogP contribution in [0.15, 0.2) is 36.4 Å². The van der Waals surface area contributed by atoms with Crippen molar-refractivity contribution < 1.29 is 14.3 Å². The zero-order valence-electron chi connectivity index (χ0n) is 15.3. The van der Waals surface area contributed by atoms with E-state index >= 15 is 0 Å². The molecule has 1 heterocycles. The van der Waals surface area contributed by atoms with Crippen LogP contribution in [0.5, 0.6) is 5.88 Å². The quantitative estimate of drug-likeness (QED) is 0.852. The number of nitrogens with zero attached hydrogens (tertiary/aromatic N) is 1. The third-order valence-electron chi connectivity index (χ3n) is 3.31. The average molecular weight is 343 g/mol. The number of aromatic nitrogens is 1. The number of carbonyl (C=O) groups is 1. The fourth-order valence-corrected chi connectivity index (χ4v) is 2.14. The van der Waals surface area contributed by atoms with E-state index in [1.807, 2.05) is 64.1 Å². The van der Waals surface area contributed by atoms with Gasteiger partial charge in [-0.2, -0.15) is 4.98 Å². The summed E-state index contributed by atoms with van der Waals surface area (Å²) in [6.07, 6.45) is -0.434. The lowest BCUT2D eigenvalue weighted by atomic mass is 10.2. The Morgan fingerprint density at radius 3 is 2.64 bits per heavy atom. The first-order valence-corrected chi connectivity index (χ1v) is 8.11. The van der Waals surface area contributed by atoms with Gasteiger partial charge in [-0.1, -0.05) is 18.2 Å². The number of amides is 1. The molecule has 0 spiro atoms. The van der Waals surface area contributed by atoms with E-state index in [2.05, 4.69) is 15.6 Å². The molecule has 134 valence electrons. The summed E-state index contributed by atoms with van der Waals surface area (Å²) in [7, 11) is 1.59. The molecule has 6 heteroatoms. The van der Waals surface area contributed by atoms with Crippen LogP contribution >= 0.6 is 0 Å². The predicted molar refractivity (Wildman–Crippen MR) is 98.3 cm³/mol. The number of ether oxygens (including phenoxy) is 2. The zero-order valence-corrected chi connectivity index (χ0v) is 15.3. The SMILES string of the molecule is COc1ccc(C)c(Nc2cccc(CNC(=O)OC(C)(C)C)c2)n1. The van der Waals surface area contributed by atoms with E-state index in [1.165, 1.54) is 0 Å². The highest BCUT2D eigenvalue weighted by atomic mass is 16.6. The van der Waals surface area contributed by atoms with Gasteiger partial charge in [0, 0.05) is 18.3 Å². The number of benzene rings is 1. The molecule has 2 aromatic rings. The standard InChI is InChI=1S/C19H25N3O3/c1-13-9-10-16(24-5)22-17(13)21-15-8-6-7-14(11-15)12-20-18(23)25-19(2,3)4/h6-11H,12H2,1-5H3,(H,20,23)(H,21,22). The Labute approximate surface area is 148 Å². The lowest BCUT2D eigenvalue weighted by molar-refractivity contribution is 0.0523. The van der Waals surface area contributed by atoms with Crippen LogP contribution in [-0.4, -0.2) is 23.8 Å². The Morgan fingerprint density at radius 1 is 1.20 bits per heavy atom. The summed E-state index contributed by atoms with van der Waals surface area (Å²) in [6.45, 7) is 7.86. The van der Waals surface area contributed by atoms with Crippen molar-refractivity contribution in [3.05, 3.63) is 47.5 Å². The number of alkyl carbamates (subject to hydrolysis) is 1. The molecule has 2 N–H and O–H groups in total. The summed E-state index contributed by atoms with van der Waals surface area (Å²) >= 11 is 0. The van der Waals surface area contributed by atoms with E-state index in [0.29, 0.717) is 12.4 Å². The average Bonchev–Trinajstić information content (AvgIpc) is 2.54. The second-order valence-electron chi connectivity index (χ2n) is 6.70. The molecule has 0 aliphatic heterocycles. The maximum absolute atomic E-state index is 11.8. The molecule has 0 aliphatic rings. The van der Waals surface area contributed by atoms with E-state index < -0.39 is 11.7 Å². The Morgan fingerprint density at radius 2 is 1.96 bits per heavy atom. The smallest absolute Gasteiger partial charge is 0.407 e. The molecule has 1 aromatic heterocycles. The van der Waals surface area contributed by atoms with Gasteiger partial charge < -0.3 is 20.1 Å². The molecule has 0 saturated carbocycles. The molecule has 25 heavy (non-hydrogen) atoms. The Bertz CT molecular complexity index is 739. The topological polar surface area (TPSA) is 72.5 Å². The first kappa shape index (κ1) is 18.6. The molecule has 2 rings (SSSR count). The summed E-state index contributed by atoms with van der Waals surface area (Å²) in [5.74, 6) is 1.28. The van der Waals surface area contributed by atoms with E-state index in [4.69, 9.17) is 9.47 Å². The Hall–Kier alpha value is -2.76. The van der Waals surface area contributed by atoms with Crippen molar-refractivity contribution >= 4 is 17.6 Å². The maximum Gasteiger partial charge on any atom is 0.407 e. The molecule has 1 aromatic carbocycles. The first-order chi connectivity index (χ1) is 11.8. The minimum atomic E-state index is -0.511. The van der Waals surface area contributed by atoms with Crippen molar-refractivity contribution in [1.29, 1.82) is 0 Å². The van der Waals surface area contributed by atoms with Gasteiger partial charge in [0.25, 0.3) is 0 Å². The monoisotopic (exact) mass is 343 g/mol. The van der Waals surface area contributed by atoms with E-state index in [1.54, 1.807) is 7.11 Å². The number of aryl methyl sites for hydroxylation is 1. The van der Waals surface area contributed by atoms with Gasteiger partial charge in [-0.3, -0.25) is 0 Å². The zero-order chi connectivity index (χ0) is 18.4. The predicted octanol–water partition coefficient (Wildman–Crippen LogP) is 4.17. The summed E-state index contributed by atoms with van der Waals surface area (Å²) in [6, 6.07) is 11.5. The van der Waals surface area contributed by atoms with Crippen molar-refractivity contribution in [3.8, 4) is 5.88 Å². The molecule has 0 saturated heterocycles. The summed E-state index contributed by atoms with van der Waals surface area (Å²) < 4.78 is 10.4. The van der Waals surface area contributed by atoms with Gasteiger partial charge >= 0.3 is 6.09 Å². The van der Waals surface area contributed by atoms with Crippen LogP contribution in [-0.2, 0) is 11.3 Å². The summed E-state index contributed by atoms with van der Waals surface area (Å²) in [4.78, 5) is 16.2. The molecular weight excluding hydrogens is 318 g/mol. The highest BCUT2D eigenvalue weighted by Crippen LogP contribution is 2.22. The van der Waals surface area contributed by atoms with Gasteiger partial charge in [-0.15, -0.1) is 0 Å². The van der Waals surface area contributed by atoms with E-state index in [0.717, 1.165) is 22.6 Å². The second kappa shape index (κ2) is 7.88. The Kier molecular flexibility index (Phi) is 5.85. The number of methoxy groups -OCH3 is 1. The lowest BCUT2D eigenvalue weighted by Gasteiger charge is -2.19. The largest absolute Gasteiger partial charge is 0.481 e. The molecule has 0 radical (unpaired) electrons. The first-order valence-electron chi connectivity index (χ1n) is 8.11. The number of hydrogen-bond donors (Lipinski definition) is 2. The van der Waals surface area contributed by atoms with Gasteiger partial charge in [-0.05, 0) is 51.0 Å². The number of anilines is 2. The molecule has 0 fully saturated rings. The number of pyridine rings is 1.